The van der Waals surface area contributed by atoms with Crippen LogP contribution in [-0.2, 0) is 10.0 Å². The molecule has 0 aromatic heterocycles. The number of hydrogen-bond acceptors (Lipinski definition) is 3. The Bertz CT molecular complexity index is 199. The SMILES string of the molecule is CC(C)NS(=O)(=O)CCCCO. The molecular formula is C7H17NO3S. The molecule has 12 heavy (non-hydrogen) atoms. The molecule has 0 saturated heterocycles. The molecule has 5 heteroatoms. The summed E-state index contributed by atoms with van der Waals surface area (Å²) in [5.74, 6) is 0.103. The molecule has 74 valence electrons. The molecule has 0 radical (unpaired) electrons. The highest BCUT2D eigenvalue weighted by Gasteiger charge is 2.10. The number of unbranched alkanes of at least 4 members (excludes halogenated alkanes) is 1. The van der Waals surface area contributed by atoms with Crippen molar-refractivity contribution in [1.29, 1.82) is 0 Å². The zero-order valence-corrected chi connectivity index (χ0v) is 8.39. The highest BCUT2D eigenvalue weighted by molar-refractivity contribution is 7.89. The summed E-state index contributed by atoms with van der Waals surface area (Å²) in [5, 5.41) is 8.43. The van der Waals surface area contributed by atoms with Gasteiger partial charge in [-0.25, -0.2) is 13.1 Å². The van der Waals surface area contributed by atoms with Crippen LogP contribution in [0.5, 0.6) is 0 Å². The molecule has 0 aliphatic rings. The van der Waals surface area contributed by atoms with Gasteiger partial charge in [0.25, 0.3) is 0 Å². The zero-order valence-electron chi connectivity index (χ0n) is 7.58. The van der Waals surface area contributed by atoms with Crippen LogP contribution in [0, 0.1) is 0 Å². The van der Waals surface area contributed by atoms with E-state index in [1.807, 2.05) is 0 Å². The molecule has 0 fully saturated rings. The third-order valence-electron chi connectivity index (χ3n) is 1.24. The van der Waals surface area contributed by atoms with E-state index in [1.165, 1.54) is 0 Å². The maximum Gasteiger partial charge on any atom is 0.211 e. The van der Waals surface area contributed by atoms with Gasteiger partial charge in [0.2, 0.25) is 10.0 Å². The Morgan fingerprint density at radius 1 is 1.33 bits per heavy atom. The lowest BCUT2D eigenvalue weighted by molar-refractivity contribution is 0.287. The summed E-state index contributed by atoms with van der Waals surface area (Å²) in [6, 6.07) is -0.0517. The first-order chi connectivity index (χ1) is 5.48. The van der Waals surface area contributed by atoms with Crippen molar-refractivity contribution < 1.29 is 13.5 Å². The molecule has 0 aromatic carbocycles. The molecule has 0 atom stereocenters. The van der Waals surface area contributed by atoms with Gasteiger partial charge < -0.3 is 5.11 Å². The number of sulfonamides is 1. The molecule has 0 spiro atoms. The summed E-state index contributed by atoms with van der Waals surface area (Å²) >= 11 is 0. The van der Waals surface area contributed by atoms with Crippen LogP contribution in [0.3, 0.4) is 0 Å². The largest absolute Gasteiger partial charge is 0.396 e. The minimum absolute atomic E-state index is 0.0517. The van der Waals surface area contributed by atoms with Gasteiger partial charge in [-0.1, -0.05) is 0 Å². The lowest BCUT2D eigenvalue weighted by atomic mass is 10.4. The maximum atomic E-state index is 11.1. The molecule has 0 amide bonds. The number of aliphatic hydroxyl groups excluding tert-OH is 1. The second-order valence-electron chi connectivity index (χ2n) is 3.02. The van der Waals surface area contributed by atoms with E-state index in [0.717, 1.165) is 0 Å². The average Bonchev–Trinajstić information content (AvgIpc) is 1.84. The Labute approximate surface area is 74.0 Å². The molecule has 0 saturated carbocycles. The van der Waals surface area contributed by atoms with Crippen molar-refractivity contribution in [2.75, 3.05) is 12.4 Å². The van der Waals surface area contributed by atoms with E-state index in [-0.39, 0.29) is 18.4 Å². The molecule has 2 N–H and O–H groups in total. The fourth-order valence-corrected chi connectivity index (χ4v) is 2.24. The predicted octanol–water partition coefficient (Wildman–Crippen LogP) is 0.0867. The highest BCUT2D eigenvalue weighted by atomic mass is 32.2. The van der Waals surface area contributed by atoms with Crippen LogP contribution >= 0.6 is 0 Å². The van der Waals surface area contributed by atoms with Gasteiger partial charge in [0, 0.05) is 12.6 Å². The van der Waals surface area contributed by atoms with E-state index >= 15 is 0 Å². The molecular weight excluding hydrogens is 178 g/mol. The topological polar surface area (TPSA) is 66.4 Å². The lowest BCUT2D eigenvalue weighted by Crippen LogP contribution is -2.32. The van der Waals surface area contributed by atoms with Crippen molar-refractivity contribution in [2.45, 2.75) is 32.7 Å². The molecule has 0 heterocycles. The minimum Gasteiger partial charge on any atom is -0.396 e. The third-order valence-corrected chi connectivity index (χ3v) is 2.89. The van der Waals surface area contributed by atoms with Gasteiger partial charge in [0.1, 0.15) is 0 Å². The lowest BCUT2D eigenvalue weighted by Gasteiger charge is -2.08. The standard InChI is InChI=1S/C7H17NO3S/c1-7(2)8-12(10,11)6-4-3-5-9/h7-9H,3-6H2,1-2H3. The molecule has 0 bridgehead atoms. The van der Waals surface area contributed by atoms with Gasteiger partial charge in [0.05, 0.1) is 5.75 Å². The van der Waals surface area contributed by atoms with Crippen molar-refractivity contribution in [3.8, 4) is 0 Å². The fraction of sp³-hybridized carbons (Fsp3) is 1.00. The second kappa shape index (κ2) is 5.50. The van der Waals surface area contributed by atoms with Gasteiger partial charge in [-0.2, -0.15) is 0 Å². The summed E-state index contributed by atoms with van der Waals surface area (Å²) in [6.07, 6.45) is 1.05. The quantitative estimate of drug-likeness (QED) is 0.590. The third kappa shape index (κ3) is 6.57. The Morgan fingerprint density at radius 3 is 2.33 bits per heavy atom. The summed E-state index contributed by atoms with van der Waals surface area (Å²) in [4.78, 5) is 0. The van der Waals surface area contributed by atoms with Crippen LogP contribution in [-0.4, -0.2) is 31.9 Å². The van der Waals surface area contributed by atoms with Gasteiger partial charge in [-0.15, -0.1) is 0 Å². The monoisotopic (exact) mass is 195 g/mol. The van der Waals surface area contributed by atoms with Crippen LogP contribution < -0.4 is 4.72 Å². The van der Waals surface area contributed by atoms with Crippen molar-refractivity contribution in [1.82, 2.24) is 4.72 Å². The summed E-state index contributed by atoms with van der Waals surface area (Å²) in [7, 11) is -3.11. The molecule has 0 aliphatic heterocycles. The summed E-state index contributed by atoms with van der Waals surface area (Å²) in [5.41, 5.74) is 0. The van der Waals surface area contributed by atoms with E-state index in [2.05, 4.69) is 4.72 Å². The van der Waals surface area contributed by atoms with Crippen LogP contribution in [0.1, 0.15) is 26.7 Å². The fourth-order valence-electron chi connectivity index (χ4n) is 0.822. The van der Waals surface area contributed by atoms with Crippen molar-refractivity contribution in [3.63, 3.8) is 0 Å². The molecule has 0 rings (SSSR count). The number of hydrogen-bond donors (Lipinski definition) is 2. The Hall–Kier alpha value is -0.130. The van der Waals surface area contributed by atoms with Crippen LogP contribution in [0.25, 0.3) is 0 Å². The smallest absolute Gasteiger partial charge is 0.211 e. The first-order valence-corrected chi connectivity index (χ1v) is 5.74. The van der Waals surface area contributed by atoms with Crippen LogP contribution in [0.15, 0.2) is 0 Å². The van der Waals surface area contributed by atoms with E-state index in [1.54, 1.807) is 13.8 Å². The van der Waals surface area contributed by atoms with Crippen molar-refractivity contribution >= 4 is 10.0 Å². The van der Waals surface area contributed by atoms with Gasteiger partial charge >= 0.3 is 0 Å². The first-order valence-electron chi connectivity index (χ1n) is 4.09. The van der Waals surface area contributed by atoms with E-state index in [0.29, 0.717) is 12.8 Å². The van der Waals surface area contributed by atoms with Gasteiger partial charge in [0.15, 0.2) is 0 Å². The summed E-state index contributed by atoms with van der Waals surface area (Å²) < 4.78 is 24.7. The Balaban J connectivity index is 3.73. The molecule has 4 nitrogen and oxygen atoms in total. The number of nitrogens with one attached hydrogen (secondary N) is 1. The zero-order chi connectivity index (χ0) is 9.61. The van der Waals surface area contributed by atoms with Gasteiger partial charge in [-0.05, 0) is 26.7 Å². The van der Waals surface area contributed by atoms with Crippen molar-refractivity contribution in [3.05, 3.63) is 0 Å². The van der Waals surface area contributed by atoms with E-state index < -0.39 is 10.0 Å². The van der Waals surface area contributed by atoms with Crippen LogP contribution in [0.2, 0.25) is 0 Å². The Morgan fingerprint density at radius 2 is 1.92 bits per heavy atom. The summed E-state index contributed by atoms with van der Waals surface area (Å²) in [6.45, 7) is 3.62. The predicted molar refractivity (Wildman–Crippen MR) is 48.4 cm³/mol. The normalized spacial score (nSPS) is 12.3. The maximum absolute atomic E-state index is 11.1. The minimum atomic E-state index is -3.11. The van der Waals surface area contributed by atoms with Crippen LogP contribution in [0.4, 0.5) is 0 Å². The van der Waals surface area contributed by atoms with Crippen molar-refractivity contribution in [2.24, 2.45) is 0 Å². The average molecular weight is 195 g/mol. The van der Waals surface area contributed by atoms with E-state index in [9.17, 15) is 8.42 Å². The molecule has 0 aromatic rings. The van der Waals surface area contributed by atoms with Gasteiger partial charge in [-0.3, -0.25) is 0 Å². The highest BCUT2D eigenvalue weighted by Crippen LogP contribution is 1.95. The number of rotatable bonds is 6. The Kier molecular flexibility index (Phi) is 5.44. The first kappa shape index (κ1) is 11.9. The second-order valence-corrected chi connectivity index (χ2v) is 4.90. The molecule has 0 unspecified atom stereocenters. The number of aliphatic hydroxyl groups is 1. The molecule has 0 aliphatic carbocycles. The van der Waals surface area contributed by atoms with E-state index in [4.69, 9.17) is 5.11 Å².